The first-order chi connectivity index (χ1) is 21.6. The lowest BCUT2D eigenvalue weighted by Gasteiger charge is -2.14. The summed E-state index contributed by atoms with van der Waals surface area (Å²) < 4.78 is 2.05. The van der Waals surface area contributed by atoms with Gasteiger partial charge in [0.1, 0.15) is 17.2 Å². The van der Waals surface area contributed by atoms with E-state index in [-0.39, 0.29) is 17.7 Å². The summed E-state index contributed by atoms with van der Waals surface area (Å²) >= 11 is 0. The third-order valence-electron chi connectivity index (χ3n) is 7.88. The SMILES string of the molecule is CC(=O)[C@H](CCCCNC(=O)CCCCCCCCCCCCCCCn1cnc(-c2nnn[nH]2)c1-c1nnn[nH]1)NCN. The molecule has 44 heavy (non-hydrogen) atoms. The summed E-state index contributed by atoms with van der Waals surface area (Å²) in [7, 11) is 0. The third kappa shape index (κ3) is 13.0. The van der Waals surface area contributed by atoms with Crippen molar-refractivity contribution >= 4 is 11.7 Å². The first-order valence-corrected chi connectivity index (χ1v) is 16.3. The molecule has 3 rings (SSSR count). The molecule has 1 amide bonds. The number of aryl methyl sites for hydroxylation is 1. The highest BCUT2D eigenvalue weighted by Gasteiger charge is 2.20. The molecule has 0 fully saturated rings. The Kier molecular flexibility index (Phi) is 16.8. The summed E-state index contributed by atoms with van der Waals surface area (Å²) in [5.41, 5.74) is 6.87. The molecule has 6 N–H and O–H groups in total. The molecule has 0 aliphatic heterocycles. The smallest absolute Gasteiger partial charge is 0.219 e. The number of nitrogens with zero attached hydrogens (tertiary/aromatic N) is 8. The number of aromatic amines is 2. The van der Waals surface area contributed by atoms with E-state index >= 15 is 0 Å². The second-order valence-electron chi connectivity index (χ2n) is 11.4. The maximum Gasteiger partial charge on any atom is 0.219 e. The quantitative estimate of drug-likeness (QED) is 0.0653. The molecule has 0 unspecified atom stereocenters. The van der Waals surface area contributed by atoms with Crippen molar-refractivity contribution in [3.63, 3.8) is 0 Å². The van der Waals surface area contributed by atoms with Gasteiger partial charge in [0.2, 0.25) is 5.91 Å². The summed E-state index contributed by atoms with van der Waals surface area (Å²) in [6.45, 7) is 3.38. The van der Waals surface area contributed by atoms with Gasteiger partial charge in [-0.05, 0) is 59.9 Å². The summed E-state index contributed by atoms with van der Waals surface area (Å²) in [5, 5.41) is 34.3. The van der Waals surface area contributed by atoms with Crippen LogP contribution in [0, 0.1) is 0 Å². The number of nitrogens with two attached hydrogens (primary N) is 1. The number of hydrogen-bond donors (Lipinski definition) is 5. The molecule has 0 bridgehead atoms. The van der Waals surface area contributed by atoms with E-state index in [9.17, 15) is 9.59 Å². The van der Waals surface area contributed by atoms with Crippen molar-refractivity contribution < 1.29 is 9.59 Å². The van der Waals surface area contributed by atoms with Crippen molar-refractivity contribution in [1.82, 2.24) is 61.4 Å². The highest BCUT2D eigenvalue weighted by atomic mass is 16.1. The lowest BCUT2D eigenvalue weighted by Crippen LogP contribution is -2.39. The summed E-state index contributed by atoms with van der Waals surface area (Å²) in [4.78, 5) is 28.0. The molecule has 0 saturated heterocycles. The van der Waals surface area contributed by atoms with E-state index in [0.29, 0.717) is 37.0 Å². The normalized spacial score (nSPS) is 12.0. The Hall–Kier alpha value is -3.59. The van der Waals surface area contributed by atoms with Crippen LogP contribution in [0.2, 0.25) is 0 Å². The van der Waals surface area contributed by atoms with Crippen molar-refractivity contribution in [1.29, 1.82) is 0 Å². The number of rotatable bonds is 26. The van der Waals surface area contributed by atoms with Gasteiger partial charge >= 0.3 is 0 Å². The first-order valence-electron chi connectivity index (χ1n) is 16.3. The molecule has 0 spiro atoms. The van der Waals surface area contributed by atoms with Crippen LogP contribution in [0.25, 0.3) is 23.0 Å². The maximum absolute atomic E-state index is 12.0. The van der Waals surface area contributed by atoms with Crippen molar-refractivity contribution in [3.05, 3.63) is 6.33 Å². The first kappa shape index (κ1) is 34.9. The fourth-order valence-electron chi connectivity index (χ4n) is 5.39. The van der Waals surface area contributed by atoms with Crippen molar-refractivity contribution in [2.24, 2.45) is 5.73 Å². The molecule has 0 aromatic carbocycles. The lowest BCUT2D eigenvalue weighted by atomic mass is 10.0. The fraction of sp³-hybridized carbons (Fsp3) is 0.759. The Balaban J connectivity index is 1.10. The van der Waals surface area contributed by atoms with E-state index in [1.165, 1.54) is 57.8 Å². The molecule has 0 aliphatic carbocycles. The molecule has 15 nitrogen and oxygen atoms in total. The number of nitrogens with one attached hydrogen (secondary N) is 4. The molecule has 0 radical (unpaired) electrons. The second kappa shape index (κ2) is 21.2. The predicted molar refractivity (Wildman–Crippen MR) is 167 cm³/mol. The van der Waals surface area contributed by atoms with Crippen molar-refractivity contribution in [3.8, 4) is 23.0 Å². The number of hydrogen-bond acceptors (Lipinski definition) is 11. The van der Waals surface area contributed by atoms with Crippen LogP contribution in [-0.4, -0.2) is 81.7 Å². The van der Waals surface area contributed by atoms with Gasteiger partial charge in [-0.1, -0.05) is 70.6 Å². The molecule has 3 aromatic heterocycles. The predicted octanol–water partition coefficient (Wildman–Crippen LogP) is 3.45. The van der Waals surface area contributed by atoms with Gasteiger partial charge in [-0.25, -0.2) is 15.2 Å². The summed E-state index contributed by atoms with van der Waals surface area (Å²) in [6.07, 6.45) is 20.7. The van der Waals surface area contributed by atoms with E-state index in [1.807, 2.05) is 4.57 Å². The zero-order valence-corrected chi connectivity index (χ0v) is 26.3. The number of ketones is 1. The van der Waals surface area contributed by atoms with Gasteiger partial charge in [0.15, 0.2) is 11.6 Å². The molecular formula is C29H51N13O2. The van der Waals surface area contributed by atoms with Gasteiger partial charge in [-0.3, -0.25) is 14.9 Å². The highest BCUT2D eigenvalue weighted by Crippen LogP contribution is 2.26. The van der Waals surface area contributed by atoms with Gasteiger partial charge in [0.25, 0.3) is 0 Å². The fourth-order valence-corrected chi connectivity index (χ4v) is 5.39. The van der Waals surface area contributed by atoms with Crippen LogP contribution in [0.1, 0.15) is 116 Å². The largest absolute Gasteiger partial charge is 0.356 e. The van der Waals surface area contributed by atoms with Gasteiger partial charge in [0, 0.05) is 26.2 Å². The van der Waals surface area contributed by atoms with E-state index in [1.54, 1.807) is 13.3 Å². The number of carbonyl (C=O) groups excluding carboxylic acids is 2. The average molecular weight is 614 g/mol. The van der Waals surface area contributed by atoms with Gasteiger partial charge < -0.3 is 15.6 Å². The van der Waals surface area contributed by atoms with E-state index in [2.05, 4.69) is 56.9 Å². The molecule has 0 aliphatic rings. The third-order valence-corrected chi connectivity index (χ3v) is 7.88. The number of amides is 1. The maximum atomic E-state index is 12.0. The van der Waals surface area contributed by atoms with Crippen LogP contribution < -0.4 is 16.4 Å². The molecule has 15 heteroatoms. The Morgan fingerprint density at radius 3 is 1.98 bits per heavy atom. The molecule has 244 valence electrons. The molecular weight excluding hydrogens is 562 g/mol. The number of tetrazole rings is 2. The van der Waals surface area contributed by atoms with Gasteiger partial charge in [0.05, 0.1) is 12.4 Å². The molecule has 3 heterocycles. The number of Topliss-reactive ketones (excluding diaryl/α,β-unsaturated/α-hetero) is 1. The zero-order chi connectivity index (χ0) is 31.2. The van der Waals surface area contributed by atoms with Gasteiger partial charge in [-0.2, -0.15) is 0 Å². The van der Waals surface area contributed by atoms with Crippen LogP contribution >= 0.6 is 0 Å². The minimum atomic E-state index is -0.174. The summed E-state index contributed by atoms with van der Waals surface area (Å²) in [5.74, 6) is 1.27. The van der Waals surface area contributed by atoms with E-state index in [0.717, 1.165) is 57.2 Å². The zero-order valence-electron chi connectivity index (χ0n) is 26.3. The molecule has 0 saturated carbocycles. The van der Waals surface area contributed by atoms with Crippen LogP contribution in [0.15, 0.2) is 6.33 Å². The average Bonchev–Trinajstić information content (AvgIpc) is 3.80. The van der Waals surface area contributed by atoms with Crippen molar-refractivity contribution in [2.75, 3.05) is 13.2 Å². The highest BCUT2D eigenvalue weighted by molar-refractivity contribution is 5.81. The number of aromatic nitrogens is 10. The lowest BCUT2D eigenvalue weighted by molar-refractivity contribution is -0.121. The Labute approximate surface area is 259 Å². The minimum Gasteiger partial charge on any atom is -0.356 e. The van der Waals surface area contributed by atoms with Crippen LogP contribution in [0.5, 0.6) is 0 Å². The monoisotopic (exact) mass is 613 g/mol. The van der Waals surface area contributed by atoms with Crippen molar-refractivity contribution in [2.45, 2.75) is 129 Å². The number of unbranched alkanes of at least 4 members (excludes halogenated alkanes) is 13. The summed E-state index contributed by atoms with van der Waals surface area (Å²) in [6, 6.07) is -0.174. The van der Waals surface area contributed by atoms with E-state index < -0.39 is 0 Å². The Morgan fingerprint density at radius 1 is 0.818 bits per heavy atom. The molecule has 3 aromatic rings. The second-order valence-corrected chi connectivity index (χ2v) is 11.4. The standard InChI is InChI=1S/C29H51N13O2/c1-23(43)24(32-21-30)17-14-15-19-31-25(44)18-13-11-9-7-5-3-2-4-6-8-10-12-16-20-42-22-33-26(28-34-38-39-35-28)27(42)29-36-40-41-37-29/h22,24,32H,2-21,30H2,1H3,(H,31,44)(H,34,35,38,39)(H,36,37,40,41)/t24-/m0/s1. The Bertz CT molecular complexity index is 1160. The minimum absolute atomic E-state index is 0.112. The number of carbonyl (C=O) groups is 2. The number of imidazole rings is 1. The van der Waals surface area contributed by atoms with Crippen LogP contribution in [-0.2, 0) is 16.1 Å². The van der Waals surface area contributed by atoms with Gasteiger partial charge in [-0.15, -0.1) is 10.2 Å². The van der Waals surface area contributed by atoms with Crippen LogP contribution in [0.4, 0.5) is 0 Å². The topological polar surface area (TPSA) is 211 Å². The number of H-pyrrole nitrogens is 2. The van der Waals surface area contributed by atoms with E-state index in [4.69, 9.17) is 5.73 Å². The molecule has 1 atom stereocenters. The van der Waals surface area contributed by atoms with Crippen LogP contribution in [0.3, 0.4) is 0 Å². The Morgan fingerprint density at radius 2 is 1.41 bits per heavy atom.